The van der Waals surface area contributed by atoms with Crippen molar-refractivity contribution in [1.29, 1.82) is 0 Å². The molecule has 0 heterocycles. The fraction of sp³-hybridized carbons (Fsp3) is 0.344. The predicted octanol–water partition coefficient (Wildman–Crippen LogP) is 5.59. The van der Waals surface area contributed by atoms with Crippen LogP contribution in [0.2, 0.25) is 5.02 Å². The van der Waals surface area contributed by atoms with E-state index in [0.29, 0.717) is 16.3 Å². The normalized spacial score (nSPS) is 12.7. The topological polar surface area (TPSA) is 108 Å². The first-order chi connectivity index (χ1) is 19.4. The first-order valence-electron chi connectivity index (χ1n) is 13.5. The summed E-state index contributed by atoms with van der Waals surface area (Å²) in [4.78, 5) is 42.5. The monoisotopic (exact) mass is 579 g/mol. The molecule has 3 rings (SSSR count). The molecule has 0 spiro atoms. The number of aliphatic hydroxyl groups is 1. The van der Waals surface area contributed by atoms with Crippen LogP contribution >= 0.6 is 11.6 Å². The number of benzene rings is 3. The summed E-state index contributed by atoms with van der Waals surface area (Å²) < 4.78 is 5.45. The lowest BCUT2D eigenvalue weighted by Gasteiger charge is -2.35. The van der Waals surface area contributed by atoms with Gasteiger partial charge in [0.2, 0.25) is 5.91 Å². The van der Waals surface area contributed by atoms with Gasteiger partial charge in [0.25, 0.3) is 5.91 Å². The van der Waals surface area contributed by atoms with Gasteiger partial charge in [-0.05, 0) is 62.9 Å². The number of carbonyl (C=O) groups excluding carboxylic acids is 3. The number of halogens is 1. The second kappa shape index (κ2) is 14.1. The number of anilines is 1. The molecule has 0 saturated carbocycles. The second-order valence-electron chi connectivity index (χ2n) is 10.8. The van der Waals surface area contributed by atoms with E-state index in [2.05, 4.69) is 10.6 Å². The molecule has 0 saturated heterocycles. The summed E-state index contributed by atoms with van der Waals surface area (Å²) in [6.45, 7) is 8.29. The highest BCUT2D eigenvalue weighted by Gasteiger charge is 2.37. The van der Waals surface area contributed by atoms with E-state index in [0.717, 1.165) is 16.7 Å². The number of nitrogens with zero attached hydrogens (tertiary/aromatic N) is 1. The summed E-state index contributed by atoms with van der Waals surface area (Å²) >= 11 is 6.41. The van der Waals surface area contributed by atoms with Gasteiger partial charge in [-0.15, -0.1) is 0 Å². The Bertz CT molecular complexity index is 1340. The zero-order valence-corrected chi connectivity index (χ0v) is 24.9. The van der Waals surface area contributed by atoms with Gasteiger partial charge >= 0.3 is 6.09 Å². The van der Waals surface area contributed by atoms with Crippen molar-refractivity contribution in [2.45, 2.75) is 58.7 Å². The Balaban J connectivity index is 2.07. The van der Waals surface area contributed by atoms with Gasteiger partial charge in [-0.1, -0.05) is 78.3 Å². The van der Waals surface area contributed by atoms with Crippen molar-refractivity contribution < 1.29 is 24.2 Å². The van der Waals surface area contributed by atoms with Gasteiger partial charge in [-0.3, -0.25) is 9.59 Å². The van der Waals surface area contributed by atoms with E-state index in [-0.39, 0.29) is 13.0 Å². The smallest absolute Gasteiger partial charge is 0.408 e. The average molecular weight is 580 g/mol. The number of aryl methyl sites for hydroxylation is 2. The lowest BCUT2D eigenvalue weighted by atomic mass is 9.97. The van der Waals surface area contributed by atoms with E-state index >= 15 is 0 Å². The highest BCUT2D eigenvalue weighted by atomic mass is 35.5. The summed E-state index contributed by atoms with van der Waals surface area (Å²) in [5.41, 5.74) is 2.55. The third-order valence-corrected chi connectivity index (χ3v) is 6.72. The Morgan fingerprint density at radius 2 is 1.56 bits per heavy atom. The van der Waals surface area contributed by atoms with E-state index in [1.165, 1.54) is 4.90 Å². The Labute approximate surface area is 246 Å². The van der Waals surface area contributed by atoms with Gasteiger partial charge in [0.05, 0.1) is 17.3 Å². The highest BCUT2D eigenvalue weighted by molar-refractivity contribution is 6.34. The third-order valence-electron chi connectivity index (χ3n) is 6.41. The molecule has 2 unspecified atom stereocenters. The minimum absolute atomic E-state index is 0.145. The number of rotatable bonds is 10. The molecule has 0 aromatic heterocycles. The fourth-order valence-electron chi connectivity index (χ4n) is 4.50. The molecule has 0 aliphatic carbocycles. The zero-order chi connectivity index (χ0) is 30.2. The molecule has 3 aromatic carbocycles. The first kappa shape index (κ1) is 31.6. The van der Waals surface area contributed by atoms with Crippen LogP contribution in [0.15, 0.2) is 72.8 Å². The van der Waals surface area contributed by atoms with Gasteiger partial charge in [-0.25, -0.2) is 4.79 Å². The van der Waals surface area contributed by atoms with Gasteiger partial charge < -0.3 is 25.4 Å². The summed E-state index contributed by atoms with van der Waals surface area (Å²) in [6, 6.07) is 19.5. The number of carbonyl (C=O) groups is 3. The van der Waals surface area contributed by atoms with Crippen LogP contribution in [0.25, 0.3) is 0 Å². The molecule has 0 fully saturated rings. The Morgan fingerprint density at radius 1 is 0.927 bits per heavy atom. The highest BCUT2D eigenvalue weighted by Crippen LogP contribution is 2.30. The van der Waals surface area contributed by atoms with E-state index in [4.69, 9.17) is 16.3 Å². The maximum absolute atomic E-state index is 14.3. The minimum atomic E-state index is -1.13. The maximum atomic E-state index is 14.3. The van der Waals surface area contributed by atoms with Crippen molar-refractivity contribution in [3.05, 3.63) is 100 Å². The first-order valence-corrected chi connectivity index (χ1v) is 13.9. The zero-order valence-electron chi connectivity index (χ0n) is 24.1. The van der Waals surface area contributed by atoms with Crippen LogP contribution in [0.3, 0.4) is 0 Å². The van der Waals surface area contributed by atoms with Crippen molar-refractivity contribution in [3.8, 4) is 0 Å². The van der Waals surface area contributed by atoms with Crippen molar-refractivity contribution in [3.63, 3.8) is 0 Å². The standard InChI is InChI=1S/C32H38ClN3O5/c1-21-12-9-10-16-24(21)28(29(38)35-27-22(2)13-11-17-25(27)33)36(18-19-37)30(39)26(20-23-14-7-6-8-15-23)34-31(40)41-32(3,4)5/h6-17,26,28,37H,18-20H2,1-5H3,(H,34,40)(H,35,38). The number of hydrogen-bond donors (Lipinski definition) is 3. The number of aliphatic hydroxyl groups excluding tert-OH is 1. The molecule has 0 aliphatic heterocycles. The molecule has 3 aromatic rings. The number of hydrogen-bond acceptors (Lipinski definition) is 5. The molecule has 2 atom stereocenters. The van der Waals surface area contributed by atoms with E-state index < -0.39 is 42.2 Å². The Morgan fingerprint density at radius 3 is 2.17 bits per heavy atom. The quantitative estimate of drug-likeness (QED) is 0.290. The molecule has 218 valence electrons. The van der Waals surface area contributed by atoms with E-state index in [1.54, 1.807) is 45.0 Å². The van der Waals surface area contributed by atoms with Crippen molar-refractivity contribution in [1.82, 2.24) is 10.2 Å². The molecule has 9 heteroatoms. The van der Waals surface area contributed by atoms with Gasteiger partial charge in [-0.2, -0.15) is 0 Å². The molecule has 41 heavy (non-hydrogen) atoms. The van der Waals surface area contributed by atoms with Crippen LogP contribution < -0.4 is 10.6 Å². The average Bonchev–Trinajstić information content (AvgIpc) is 2.90. The number of ether oxygens (including phenoxy) is 1. The summed E-state index contributed by atoms with van der Waals surface area (Å²) in [7, 11) is 0. The van der Waals surface area contributed by atoms with Crippen LogP contribution in [0.5, 0.6) is 0 Å². The van der Waals surface area contributed by atoms with E-state index in [9.17, 15) is 19.5 Å². The molecular weight excluding hydrogens is 542 g/mol. The maximum Gasteiger partial charge on any atom is 0.408 e. The predicted molar refractivity (Wildman–Crippen MR) is 161 cm³/mol. The Kier molecular flexibility index (Phi) is 10.9. The number of nitrogens with one attached hydrogen (secondary N) is 2. The van der Waals surface area contributed by atoms with Crippen molar-refractivity contribution >= 4 is 35.2 Å². The van der Waals surface area contributed by atoms with Gasteiger partial charge in [0.1, 0.15) is 17.7 Å². The number of alkyl carbamates (subject to hydrolysis) is 1. The molecule has 8 nitrogen and oxygen atoms in total. The third kappa shape index (κ3) is 8.80. The molecular formula is C32H38ClN3O5. The number of para-hydroxylation sites is 1. The summed E-state index contributed by atoms with van der Waals surface area (Å²) in [5, 5.41) is 16.0. The van der Waals surface area contributed by atoms with Gasteiger partial charge in [0, 0.05) is 13.0 Å². The molecule has 0 radical (unpaired) electrons. The van der Waals surface area contributed by atoms with Crippen molar-refractivity contribution in [2.24, 2.45) is 0 Å². The van der Waals surface area contributed by atoms with Crippen LogP contribution in [0.1, 0.15) is 49.1 Å². The van der Waals surface area contributed by atoms with Crippen LogP contribution in [0, 0.1) is 13.8 Å². The number of amides is 3. The van der Waals surface area contributed by atoms with Crippen molar-refractivity contribution in [2.75, 3.05) is 18.5 Å². The lowest BCUT2D eigenvalue weighted by molar-refractivity contribution is -0.141. The largest absolute Gasteiger partial charge is 0.444 e. The minimum Gasteiger partial charge on any atom is -0.444 e. The second-order valence-corrected chi connectivity index (χ2v) is 11.2. The van der Waals surface area contributed by atoms with Crippen LogP contribution in [0.4, 0.5) is 10.5 Å². The van der Waals surface area contributed by atoms with E-state index in [1.807, 2.05) is 62.4 Å². The SMILES string of the molecule is Cc1ccccc1C(C(=O)Nc1c(C)cccc1Cl)N(CCO)C(=O)C(Cc1ccccc1)NC(=O)OC(C)(C)C. The van der Waals surface area contributed by atoms with Crippen LogP contribution in [-0.2, 0) is 20.7 Å². The summed E-state index contributed by atoms with van der Waals surface area (Å²) in [6.07, 6.45) is -0.619. The molecule has 0 bridgehead atoms. The molecule has 3 amide bonds. The lowest BCUT2D eigenvalue weighted by Crippen LogP contribution is -2.54. The summed E-state index contributed by atoms with van der Waals surface area (Å²) in [5.74, 6) is -1.05. The molecule has 0 aliphatic rings. The molecule has 3 N–H and O–H groups in total. The Hall–Kier alpha value is -3.88. The fourth-order valence-corrected chi connectivity index (χ4v) is 4.77. The van der Waals surface area contributed by atoms with Crippen LogP contribution in [-0.4, -0.2) is 52.7 Å². The van der Waals surface area contributed by atoms with Gasteiger partial charge in [0.15, 0.2) is 0 Å².